The van der Waals surface area contributed by atoms with Gasteiger partial charge in [0.1, 0.15) is 0 Å². The summed E-state index contributed by atoms with van der Waals surface area (Å²) in [5.74, 6) is 2.80. The van der Waals surface area contributed by atoms with Crippen LogP contribution in [0.3, 0.4) is 0 Å². The number of hydrogen-bond acceptors (Lipinski definition) is 3. The van der Waals surface area contributed by atoms with Crippen molar-refractivity contribution in [1.82, 2.24) is 15.3 Å². The van der Waals surface area contributed by atoms with Gasteiger partial charge in [0.2, 0.25) is 0 Å². The summed E-state index contributed by atoms with van der Waals surface area (Å²) in [6, 6.07) is 0.236. The van der Waals surface area contributed by atoms with Crippen molar-refractivity contribution in [2.75, 3.05) is 0 Å². The van der Waals surface area contributed by atoms with Crippen LogP contribution in [0.15, 0.2) is 4.79 Å². The highest BCUT2D eigenvalue weighted by Gasteiger charge is 2.54. The fourth-order valence-electron chi connectivity index (χ4n) is 5.25. The van der Waals surface area contributed by atoms with Gasteiger partial charge in [-0.3, -0.25) is 9.59 Å². The molecule has 0 aliphatic heterocycles. The van der Waals surface area contributed by atoms with Crippen LogP contribution in [-0.2, 0) is 0 Å². The van der Waals surface area contributed by atoms with E-state index in [1.54, 1.807) is 6.92 Å². The molecule has 5 atom stereocenters. The second-order valence-corrected chi connectivity index (χ2v) is 7.36. The number of nitrogens with zero attached hydrogens (tertiary/aromatic N) is 1. The van der Waals surface area contributed by atoms with Gasteiger partial charge >= 0.3 is 0 Å². The predicted octanol–water partition coefficient (Wildman–Crippen LogP) is 1.94. The summed E-state index contributed by atoms with van der Waals surface area (Å²) >= 11 is 0. The van der Waals surface area contributed by atoms with Crippen molar-refractivity contribution < 1.29 is 4.79 Å². The molecule has 2 bridgehead atoms. The van der Waals surface area contributed by atoms with Crippen LogP contribution in [0.4, 0.5) is 0 Å². The van der Waals surface area contributed by atoms with Crippen molar-refractivity contribution in [2.24, 2.45) is 23.7 Å². The summed E-state index contributed by atoms with van der Waals surface area (Å²) in [6.07, 6.45) is 6.39. The van der Waals surface area contributed by atoms with Gasteiger partial charge < -0.3 is 10.3 Å². The van der Waals surface area contributed by atoms with E-state index in [-0.39, 0.29) is 23.2 Å². The summed E-state index contributed by atoms with van der Waals surface area (Å²) in [7, 11) is 0. The second kappa shape index (κ2) is 4.93. The van der Waals surface area contributed by atoms with Crippen molar-refractivity contribution in [2.45, 2.75) is 52.0 Å². The number of carbonyl (C=O) groups excluding carboxylic acids is 1. The van der Waals surface area contributed by atoms with E-state index < -0.39 is 0 Å². The fraction of sp³-hybridized carbons (Fsp3) is 0.706. The maximum absolute atomic E-state index is 12.5. The summed E-state index contributed by atoms with van der Waals surface area (Å²) in [6.45, 7) is 3.60. The van der Waals surface area contributed by atoms with E-state index in [0.717, 1.165) is 29.9 Å². The molecule has 3 aliphatic rings. The molecule has 118 valence electrons. The number of hydrogen-bond donors (Lipinski definition) is 2. The summed E-state index contributed by atoms with van der Waals surface area (Å²) < 4.78 is 0. The van der Waals surface area contributed by atoms with Gasteiger partial charge in [-0.15, -0.1) is 0 Å². The van der Waals surface area contributed by atoms with Gasteiger partial charge in [-0.2, -0.15) is 0 Å². The molecule has 1 aromatic rings. The first kappa shape index (κ1) is 14.0. The van der Waals surface area contributed by atoms with Gasteiger partial charge in [0.05, 0.1) is 5.69 Å². The topological polar surface area (TPSA) is 74.8 Å². The second-order valence-electron chi connectivity index (χ2n) is 7.36. The van der Waals surface area contributed by atoms with Crippen LogP contribution >= 0.6 is 0 Å². The van der Waals surface area contributed by atoms with Crippen LogP contribution in [0.1, 0.15) is 54.0 Å². The highest BCUT2D eigenvalue weighted by Crippen LogP contribution is 2.58. The standard InChI is InChI=1S/C17H23N3O2/c1-8-9(2)19-16(21)15(18-8)17(22)20-14-7-10-6-13(14)12-5-3-4-11(10)12/h10-14H,3-7H2,1-2H3,(H,19,21)(H,20,22)/t10-,11+,12-,13+,14-/m1/s1. The van der Waals surface area contributed by atoms with Crippen LogP contribution in [-0.4, -0.2) is 21.9 Å². The quantitative estimate of drug-likeness (QED) is 0.876. The Labute approximate surface area is 129 Å². The lowest BCUT2D eigenvalue weighted by molar-refractivity contribution is 0.0894. The molecule has 5 heteroatoms. The lowest BCUT2D eigenvalue weighted by Crippen LogP contribution is -2.44. The van der Waals surface area contributed by atoms with Gasteiger partial charge in [0.25, 0.3) is 11.5 Å². The Kier molecular flexibility index (Phi) is 3.13. The normalized spacial score (nSPS) is 35.6. The summed E-state index contributed by atoms with van der Waals surface area (Å²) in [5.41, 5.74) is 1.04. The van der Waals surface area contributed by atoms with Gasteiger partial charge in [-0.25, -0.2) is 4.98 Å². The van der Waals surface area contributed by atoms with Gasteiger partial charge in [-0.1, -0.05) is 6.42 Å². The Hall–Kier alpha value is -1.65. The fourth-order valence-corrected chi connectivity index (χ4v) is 5.25. The van der Waals surface area contributed by atoms with Crippen molar-refractivity contribution in [3.05, 3.63) is 27.4 Å². The number of aromatic nitrogens is 2. The van der Waals surface area contributed by atoms with E-state index in [9.17, 15) is 9.59 Å². The minimum atomic E-state index is -0.387. The van der Waals surface area contributed by atoms with Crippen molar-refractivity contribution >= 4 is 5.91 Å². The third-order valence-corrected chi connectivity index (χ3v) is 6.30. The van der Waals surface area contributed by atoms with Gasteiger partial charge in [-0.05, 0) is 63.2 Å². The van der Waals surface area contributed by atoms with E-state index in [1.165, 1.54) is 25.7 Å². The Bertz CT molecular complexity index is 681. The lowest BCUT2D eigenvalue weighted by Gasteiger charge is -2.31. The number of amides is 1. The summed E-state index contributed by atoms with van der Waals surface area (Å²) in [5, 5.41) is 3.11. The number of aromatic amines is 1. The molecule has 1 amide bonds. The van der Waals surface area contributed by atoms with Crippen molar-refractivity contribution in [3.63, 3.8) is 0 Å². The van der Waals surface area contributed by atoms with Crippen LogP contribution in [0.2, 0.25) is 0 Å². The van der Waals surface area contributed by atoms with Gasteiger partial charge in [0, 0.05) is 11.7 Å². The zero-order valence-electron chi connectivity index (χ0n) is 13.2. The summed E-state index contributed by atoms with van der Waals surface area (Å²) in [4.78, 5) is 31.3. The first-order chi connectivity index (χ1) is 10.5. The Balaban J connectivity index is 1.52. The molecule has 2 N–H and O–H groups in total. The van der Waals surface area contributed by atoms with Crippen molar-refractivity contribution in [3.8, 4) is 0 Å². The number of rotatable bonds is 2. The maximum Gasteiger partial charge on any atom is 0.279 e. The highest BCUT2D eigenvalue weighted by atomic mass is 16.2. The first-order valence-electron chi connectivity index (χ1n) is 8.43. The molecule has 0 saturated heterocycles. The van der Waals surface area contributed by atoms with Crippen molar-refractivity contribution in [1.29, 1.82) is 0 Å². The smallest absolute Gasteiger partial charge is 0.279 e. The molecular formula is C17H23N3O2. The number of nitrogens with one attached hydrogen (secondary N) is 2. The number of carbonyl (C=O) groups is 1. The third kappa shape index (κ3) is 2.02. The van der Waals surface area contributed by atoms with E-state index >= 15 is 0 Å². The van der Waals surface area contributed by atoms with Gasteiger partial charge in [0.15, 0.2) is 5.69 Å². The van der Waals surface area contributed by atoms with E-state index in [1.807, 2.05) is 6.92 Å². The van der Waals surface area contributed by atoms with Crippen LogP contribution in [0.25, 0.3) is 0 Å². The minimum Gasteiger partial charge on any atom is -0.347 e. The molecule has 3 aliphatic carbocycles. The molecule has 3 saturated carbocycles. The Morgan fingerprint density at radius 2 is 1.95 bits per heavy atom. The molecule has 22 heavy (non-hydrogen) atoms. The zero-order valence-corrected chi connectivity index (χ0v) is 13.2. The highest BCUT2D eigenvalue weighted by molar-refractivity contribution is 5.92. The molecule has 4 rings (SSSR count). The molecule has 1 aromatic heterocycles. The molecule has 0 radical (unpaired) electrons. The van der Waals surface area contributed by atoms with E-state index in [4.69, 9.17) is 0 Å². The van der Waals surface area contributed by atoms with E-state index in [2.05, 4.69) is 15.3 Å². The van der Waals surface area contributed by atoms with Crippen LogP contribution in [0, 0.1) is 37.5 Å². The van der Waals surface area contributed by atoms with E-state index in [0.29, 0.717) is 11.6 Å². The molecule has 0 unspecified atom stereocenters. The number of H-pyrrole nitrogens is 1. The average molecular weight is 301 g/mol. The minimum absolute atomic E-state index is 0.00819. The molecular weight excluding hydrogens is 278 g/mol. The lowest BCUT2D eigenvalue weighted by atomic mass is 9.79. The first-order valence-corrected chi connectivity index (χ1v) is 8.43. The molecule has 1 heterocycles. The number of aryl methyl sites for hydroxylation is 2. The molecule has 0 spiro atoms. The third-order valence-electron chi connectivity index (χ3n) is 6.30. The largest absolute Gasteiger partial charge is 0.347 e. The maximum atomic E-state index is 12.5. The molecule has 0 aromatic carbocycles. The van der Waals surface area contributed by atoms with Crippen LogP contribution in [0.5, 0.6) is 0 Å². The predicted molar refractivity (Wildman–Crippen MR) is 82.6 cm³/mol. The molecule has 3 fully saturated rings. The average Bonchev–Trinajstić information content (AvgIpc) is 3.14. The Morgan fingerprint density at radius 3 is 2.77 bits per heavy atom. The SMILES string of the molecule is Cc1nc(C(=O)N[C@@H]2C[C@H]3C[C@H]2[C@@H]2CCC[C@@H]32)c(=O)[nH]c1C. The van der Waals surface area contributed by atoms with Crippen LogP contribution < -0.4 is 10.9 Å². The number of fused-ring (bicyclic) bond motifs is 5. The zero-order chi connectivity index (χ0) is 15.4. The monoisotopic (exact) mass is 301 g/mol. The molecule has 5 nitrogen and oxygen atoms in total. The Morgan fingerprint density at radius 1 is 1.18 bits per heavy atom.